The second kappa shape index (κ2) is 8.10. The average Bonchev–Trinajstić information content (AvgIpc) is 3.29. The van der Waals surface area contributed by atoms with Crippen molar-refractivity contribution in [3.05, 3.63) is 119 Å². The Labute approximate surface area is 214 Å². The Bertz CT molecular complexity index is 1490. The van der Waals surface area contributed by atoms with E-state index < -0.39 is 11.4 Å². The first-order chi connectivity index (χ1) is 18.1. The van der Waals surface area contributed by atoms with E-state index in [1.54, 1.807) is 19.2 Å². The Kier molecular flexibility index (Phi) is 4.80. The second-order valence-electron chi connectivity index (χ2n) is 9.88. The van der Waals surface area contributed by atoms with Gasteiger partial charge in [0.1, 0.15) is 5.76 Å². The third-order valence-corrected chi connectivity index (χ3v) is 8.16. The molecule has 3 aromatic carbocycles. The lowest BCUT2D eigenvalue weighted by molar-refractivity contribution is 0.0467. The number of likely N-dealkylation sites (tertiary alicyclic amines) is 1. The first-order valence-electron chi connectivity index (χ1n) is 12.5. The maximum Gasteiger partial charge on any atom is 0.343 e. The van der Waals surface area contributed by atoms with Gasteiger partial charge in [-0.25, -0.2) is 4.79 Å². The number of carbonyl (C=O) groups is 2. The van der Waals surface area contributed by atoms with Crippen molar-refractivity contribution in [1.29, 1.82) is 0 Å². The van der Waals surface area contributed by atoms with Crippen molar-refractivity contribution in [1.82, 2.24) is 4.90 Å². The zero-order chi connectivity index (χ0) is 25.1. The van der Waals surface area contributed by atoms with Crippen LogP contribution >= 0.6 is 0 Å². The molecule has 1 amide bonds. The number of allylic oxidation sites excluding steroid dienone is 2. The molecular weight excluding hydrogens is 466 g/mol. The van der Waals surface area contributed by atoms with E-state index in [0.29, 0.717) is 42.0 Å². The number of rotatable bonds is 4. The first kappa shape index (κ1) is 21.9. The third kappa shape index (κ3) is 3.05. The first-order valence-corrected chi connectivity index (χ1v) is 12.5. The second-order valence-corrected chi connectivity index (χ2v) is 9.88. The van der Waals surface area contributed by atoms with Gasteiger partial charge < -0.3 is 19.1 Å². The van der Waals surface area contributed by atoms with E-state index in [1.807, 2.05) is 71.6 Å². The molecule has 1 fully saturated rings. The lowest BCUT2D eigenvalue weighted by Crippen LogP contribution is -2.60. The largest absolute Gasteiger partial charge is 0.497 e. The van der Waals surface area contributed by atoms with Crippen LogP contribution in [0.4, 0.5) is 0 Å². The third-order valence-electron chi connectivity index (χ3n) is 8.16. The number of esters is 1. The monoisotopic (exact) mass is 491 g/mol. The summed E-state index contributed by atoms with van der Waals surface area (Å²) in [6.45, 7) is 0.597. The van der Waals surface area contributed by atoms with Gasteiger partial charge in [0.25, 0.3) is 5.91 Å². The zero-order valence-corrected chi connectivity index (χ0v) is 20.3. The Balaban J connectivity index is 1.33. The number of hydrogen-bond donors (Lipinski definition) is 0. The normalized spacial score (nSPS) is 24.3. The van der Waals surface area contributed by atoms with Crippen LogP contribution in [0, 0.1) is 0 Å². The van der Waals surface area contributed by atoms with Gasteiger partial charge in [0.2, 0.25) is 0 Å². The molecule has 37 heavy (non-hydrogen) atoms. The fraction of sp³-hybridized carbons (Fsp3) is 0.226. The van der Waals surface area contributed by atoms with E-state index in [-0.39, 0.29) is 18.1 Å². The molecule has 7 rings (SSSR count). The maximum absolute atomic E-state index is 13.6. The van der Waals surface area contributed by atoms with E-state index in [4.69, 9.17) is 14.2 Å². The predicted molar refractivity (Wildman–Crippen MR) is 137 cm³/mol. The molecule has 4 aliphatic rings. The van der Waals surface area contributed by atoms with E-state index in [1.165, 1.54) is 0 Å². The summed E-state index contributed by atoms with van der Waals surface area (Å²) >= 11 is 0. The molecule has 0 aromatic heterocycles. The standard InChI is InChI=1S/C31H25NO5/c1-35-25-15-13-22-23-18-21-12-14-24(36-30(34)20-10-6-3-7-11-20)27-26(21)31(22,28(25)37-27)16-17-32(23)29(33)19-8-4-2-5-9-19/h2-15,23,28H,16-18H2,1H3/t23-,28+,31+/m0/s1. The van der Waals surface area contributed by atoms with Crippen molar-refractivity contribution >= 4 is 11.9 Å². The van der Waals surface area contributed by atoms with E-state index in [2.05, 4.69) is 6.08 Å². The van der Waals surface area contributed by atoms with Gasteiger partial charge in [-0.3, -0.25) is 4.79 Å². The molecule has 3 aromatic rings. The molecule has 1 spiro atoms. The minimum atomic E-state index is -0.462. The van der Waals surface area contributed by atoms with E-state index in [9.17, 15) is 9.59 Å². The summed E-state index contributed by atoms with van der Waals surface area (Å²) in [5.41, 5.74) is 4.04. The van der Waals surface area contributed by atoms with Crippen LogP contribution in [0.3, 0.4) is 0 Å². The van der Waals surface area contributed by atoms with Gasteiger partial charge >= 0.3 is 5.97 Å². The van der Waals surface area contributed by atoms with Crippen molar-refractivity contribution in [2.75, 3.05) is 13.7 Å². The van der Waals surface area contributed by atoms with Crippen LogP contribution in [-0.2, 0) is 16.6 Å². The molecule has 0 N–H and O–H groups in total. The van der Waals surface area contributed by atoms with Crippen LogP contribution in [-0.4, -0.2) is 42.6 Å². The number of carbonyl (C=O) groups excluding carboxylic acids is 2. The number of piperidine rings is 1. The molecular formula is C31H25NO5. The van der Waals surface area contributed by atoms with Crippen molar-refractivity contribution < 1.29 is 23.8 Å². The van der Waals surface area contributed by atoms with Gasteiger partial charge in [0.05, 0.1) is 24.1 Å². The minimum absolute atomic E-state index is 0.0374. The van der Waals surface area contributed by atoms with Crippen LogP contribution in [0.25, 0.3) is 0 Å². The molecule has 2 aliphatic heterocycles. The van der Waals surface area contributed by atoms with Crippen LogP contribution in [0.1, 0.15) is 38.3 Å². The summed E-state index contributed by atoms with van der Waals surface area (Å²) in [6.07, 6.45) is 5.05. The summed E-state index contributed by atoms with van der Waals surface area (Å²) < 4.78 is 18.3. The number of nitrogens with zero attached hydrogens (tertiary/aromatic N) is 1. The summed E-state index contributed by atoms with van der Waals surface area (Å²) in [5, 5.41) is 0. The number of methoxy groups -OCH3 is 1. The Morgan fingerprint density at radius 3 is 2.41 bits per heavy atom. The van der Waals surface area contributed by atoms with Crippen LogP contribution in [0.2, 0.25) is 0 Å². The number of benzene rings is 3. The quantitative estimate of drug-likeness (QED) is 0.386. The van der Waals surface area contributed by atoms with Gasteiger partial charge in [0, 0.05) is 17.7 Å². The van der Waals surface area contributed by atoms with Gasteiger partial charge in [-0.1, -0.05) is 48.5 Å². The molecule has 0 unspecified atom stereocenters. The van der Waals surface area contributed by atoms with E-state index in [0.717, 1.165) is 22.5 Å². The van der Waals surface area contributed by atoms with Crippen molar-refractivity contribution in [3.8, 4) is 11.5 Å². The molecule has 2 aliphatic carbocycles. The molecule has 184 valence electrons. The highest BCUT2D eigenvalue weighted by molar-refractivity contribution is 5.95. The summed E-state index contributed by atoms with van der Waals surface area (Å²) in [5.74, 6) is 1.35. The number of amides is 1. The number of hydrogen-bond acceptors (Lipinski definition) is 5. The topological polar surface area (TPSA) is 65.1 Å². The van der Waals surface area contributed by atoms with E-state index >= 15 is 0 Å². The lowest BCUT2D eigenvalue weighted by atomic mass is 9.57. The zero-order valence-electron chi connectivity index (χ0n) is 20.3. The van der Waals surface area contributed by atoms with Gasteiger partial charge in [-0.2, -0.15) is 0 Å². The smallest absolute Gasteiger partial charge is 0.343 e. The highest BCUT2D eigenvalue weighted by Gasteiger charge is 2.63. The highest BCUT2D eigenvalue weighted by atomic mass is 16.6. The fourth-order valence-corrected chi connectivity index (χ4v) is 6.57. The molecule has 0 saturated carbocycles. The van der Waals surface area contributed by atoms with Gasteiger partial charge in [-0.15, -0.1) is 0 Å². The number of ether oxygens (including phenoxy) is 3. The van der Waals surface area contributed by atoms with Crippen molar-refractivity contribution in [2.45, 2.75) is 30.4 Å². The molecule has 2 heterocycles. The van der Waals surface area contributed by atoms with Crippen molar-refractivity contribution in [2.24, 2.45) is 0 Å². The molecule has 1 saturated heterocycles. The molecule has 6 heteroatoms. The Morgan fingerprint density at radius 2 is 1.68 bits per heavy atom. The predicted octanol–water partition coefficient (Wildman–Crippen LogP) is 4.85. The lowest BCUT2D eigenvalue weighted by Gasteiger charge is -2.53. The summed E-state index contributed by atoms with van der Waals surface area (Å²) in [7, 11) is 1.65. The van der Waals surface area contributed by atoms with Crippen molar-refractivity contribution in [3.63, 3.8) is 0 Å². The SMILES string of the molecule is COC1=CC=C2[C@@H]3Cc4ccc(OC(=O)c5ccccc5)c5c4[C@]2(CCN3C(=O)c2ccccc2)[C@@H]1O5. The summed E-state index contributed by atoms with van der Waals surface area (Å²) in [4.78, 5) is 28.5. The van der Waals surface area contributed by atoms with Gasteiger partial charge in [-0.05, 0) is 60.4 Å². The molecule has 3 atom stereocenters. The molecule has 0 radical (unpaired) electrons. The van der Waals surface area contributed by atoms with Crippen LogP contribution < -0.4 is 9.47 Å². The highest BCUT2D eigenvalue weighted by Crippen LogP contribution is 2.62. The Morgan fingerprint density at radius 1 is 0.946 bits per heavy atom. The maximum atomic E-state index is 13.6. The average molecular weight is 492 g/mol. The Hall–Kier alpha value is -4.32. The minimum Gasteiger partial charge on any atom is -0.497 e. The fourth-order valence-electron chi connectivity index (χ4n) is 6.57. The van der Waals surface area contributed by atoms with Crippen LogP contribution in [0.15, 0.2) is 96.3 Å². The molecule has 6 nitrogen and oxygen atoms in total. The van der Waals surface area contributed by atoms with Crippen LogP contribution in [0.5, 0.6) is 11.5 Å². The van der Waals surface area contributed by atoms with Gasteiger partial charge in [0.15, 0.2) is 17.6 Å². The summed E-state index contributed by atoms with van der Waals surface area (Å²) in [6, 6.07) is 22.1. The molecule has 2 bridgehead atoms.